The largest absolute Gasteiger partial charge is 0.495 e. The lowest BCUT2D eigenvalue weighted by Gasteiger charge is -2.30. The van der Waals surface area contributed by atoms with E-state index in [1.807, 2.05) is 75.4 Å². The van der Waals surface area contributed by atoms with Gasteiger partial charge in [-0.25, -0.2) is 9.59 Å². The molecule has 1 aliphatic heterocycles. The van der Waals surface area contributed by atoms with Crippen LogP contribution in [0.4, 0.5) is 21.0 Å². The van der Waals surface area contributed by atoms with Crippen LogP contribution in [0.5, 0.6) is 5.75 Å². The summed E-state index contributed by atoms with van der Waals surface area (Å²) in [4.78, 5) is 55.2. The van der Waals surface area contributed by atoms with E-state index in [0.29, 0.717) is 29.1 Å². The van der Waals surface area contributed by atoms with Crippen molar-refractivity contribution in [3.63, 3.8) is 0 Å². The van der Waals surface area contributed by atoms with Gasteiger partial charge >= 0.3 is 18.0 Å². The van der Waals surface area contributed by atoms with Gasteiger partial charge in [0.2, 0.25) is 0 Å². The number of anilines is 2. The first kappa shape index (κ1) is 37.8. The highest BCUT2D eigenvalue weighted by molar-refractivity contribution is 6.07. The van der Waals surface area contributed by atoms with Crippen molar-refractivity contribution in [1.82, 2.24) is 15.1 Å². The number of hydrogen-bond acceptors (Lipinski definition) is 6. The van der Waals surface area contributed by atoms with Crippen molar-refractivity contribution >= 4 is 47.7 Å². The van der Waals surface area contributed by atoms with Crippen LogP contribution in [0.1, 0.15) is 63.3 Å². The van der Waals surface area contributed by atoms with Gasteiger partial charge in [0.25, 0.3) is 5.91 Å². The second kappa shape index (κ2) is 16.5. The monoisotopic (exact) mass is 679 g/mol. The highest BCUT2D eigenvalue weighted by Crippen LogP contribution is 2.34. The zero-order chi connectivity index (χ0) is 34.3. The first-order chi connectivity index (χ1) is 22.3. The fraction of sp³-hybridized carbons (Fsp3) is 0.389. The molecule has 0 aliphatic carbocycles. The van der Waals surface area contributed by atoms with E-state index in [4.69, 9.17) is 4.74 Å². The maximum atomic E-state index is 14.0. The Hall–Kier alpha value is -4.61. The van der Waals surface area contributed by atoms with E-state index in [1.165, 1.54) is 12.0 Å². The van der Waals surface area contributed by atoms with Crippen molar-refractivity contribution in [2.24, 2.45) is 5.92 Å². The van der Waals surface area contributed by atoms with Gasteiger partial charge in [0, 0.05) is 24.8 Å². The summed E-state index contributed by atoms with van der Waals surface area (Å²) >= 11 is 0. The van der Waals surface area contributed by atoms with Crippen molar-refractivity contribution in [2.45, 2.75) is 71.6 Å². The molecule has 0 aromatic heterocycles. The number of aliphatic carboxylic acids is 1. The molecule has 0 spiro atoms. The number of rotatable bonds is 14. The number of aryl methyl sites for hydroxylation is 1. The summed E-state index contributed by atoms with van der Waals surface area (Å²) in [6.07, 6.45) is 0.403. The zero-order valence-corrected chi connectivity index (χ0v) is 29.1. The van der Waals surface area contributed by atoms with Crippen molar-refractivity contribution in [2.75, 3.05) is 24.3 Å². The molecule has 0 saturated carbocycles. The molecule has 48 heavy (non-hydrogen) atoms. The summed E-state index contributed by atoms with van der Waals surface area (Å²) in [5, 5.41) is 18.5. The minimum absolute atomic E-state index is 0. The van der Waals surface area contributed by atoms with Crippen molar-refractivity contribution in [3.05, 3.63) is 89.5 Å². The van der Waals surface area contributed by atoms with Crippen LogP contribution in [-0.4, -0.2) is 64.1 Å². The van der Waals surface area contributed by atoms with Gasteiger partial charge in [-0.05, 0) is 68.0 Å². The van der Waals surface area contributed by atoms with Gasteiger partial charge in [0.05, 0.1) is 25.3 Å². The lowest BCUT2D eigenvalue weighted by molar-refractivity contribution is -0.138. The van der Waals surface area contributed by atoms with Crippen LogP contribution in [0.25, 0.3) is 0 Å². The standard InChI is InChI=1S/C36H45N5O6.ClH/c1-23(2)18-27(21-37-30(20-32(42)43)26-13-8-7-9-14-26)41-33(44)36(4,5)40(35(41)46)22-25-16-17-29(31(19-25)47-6)39-34(45)38-28-15-11-10-12-24(28)3;/h7-17,19,23,27,30,37H,18,20-22H2,1-6H3,(H,42,43)(H2,38,39,45);1H/t27-,30-;/m0./s1. The molecule has 1 heterocycles. The summed E-state index contributed by atoms with van der Waals surface area (Å²) in [5.74, 6) is -0.692. The van der Waals surface area contributed by atoms with Gasteiger partial charge in [0.1, 0.15) is 11.3 Å². The summed E-state index contributed by atoms with van der Waals surface area (Å²) in [7, 11) is 1.50. The predicted molar refractivity (Wildman–Crippen MR) is 189 cm³/mol. The number of carbonyl (C=O) groups excluding carboxylic acids is 3. The van der Waals surface area contributed by atoms with Crippen molar-refractivity contribution in [3.8, 4) is 5.75 Å². The molecule has 2 atom stereocenters. The third-order valence-corrected chi connectivity index (χ3v) is 8.39. The summed E-state index contributed by atoms with van der Waals surface area (Å²) in [6, 6.07) is 20.1. The van der Waals surface area contributed by atoms with E-state index in [-0.39, 0.29) is 43.7 Å². The molecule has 5 amide bonds. The minimum Gasteiger partial charge on any atom is -0.495 e. The van der Waals surface area contributed by atoms with Crippen molar-refractivity contribution in [1.29, 1.82) is 0 Å². The molecule has 0 unspecified atom stereocenters. The smallest absolute Gasteiger partial charge is 0.328 e. The number of urea groups is 2. The second-order valence-corrected chi connectivity index (χ2v) is 12.8. The Labute approximate surface area is 288 Å². The normalized spacial score (nSPS) is 15.1. The summed E-state index contributed by atoms with van der Waals surface area (Å²) in [5.41, 5.74) is 2.46. The van der Waals surface area contributed by atoms with Crippen LogP contribution in [0.3, 0.4) is 0 Å². The zero-order valence-electron chi connectivity index (χ0n) is 28.3. The Balaban J connectivity index is 0.00000625. The number of methoxy groups -OCH3 is 1. The maximum absolute atomic E-state index is 14.0. The third-order valence-electron chi connectivity index (χ3n) is 8.39. The summed E-state index contributed by atoms with van der Waals surface area (Å²) in [6.45, 7) is 9.78. The Morgan fingerprint density at radius 1 is 0.938 bits per heavy atom. The molecule has 4 N–H and O–H groups in total. The van der Waals surface area contributed by atoms with Gasteiger partial charge < -0.3 is 30.7 Å². The summed E-state index contributed by atoms with van der Waals surface area (Å²) < 4.78 is 5.57. The number of nitrogens with zero attached hydrogens (tertiary/aromatic N) is 2. The molecule has 3 aromatic rings. The number of carboxylic acid groups (broad SMARTS) is 1. The van der Waals surface area contributed by atoms with Gasteiger partial charge in [-0.15, -0.1) is 12.4 Å². The Bertz CT molecular complexity index is 1600. The lowest BCUT2D eigenvalue weighted by atomic mass is 9.98. The number of ether oxygens (including phenoxy) is 1. The number of para-hydroxylation sites is 1. The highest BCUT2D eigenvalue weighted by Gasteiger charge is 2.53. The molecule has 12 heteroatoms. The van der Waals surface area contributed by atoms with E-state index in [9.17, 15) is 24.3 Å². The first-order valence-electron chi connectivity index (χ1n) is 15.8. The molecule has 0 bridgehead atoms. The van der Waals surface area contributed by atoms with Crippen LogP contribution in [0, 0.1) is 12.8 Å². The van der Waals surface area contributed by atoms with E-state index >= 15 is 0 Å². The number of halogens is 1. The van der Waals surface area contributed by atoms with Gasteiger partial charge in [0.15, 0.2) is 0 Å². The molecule has 11 nitrogen and oxygen atoms in total. The van der Waals surface area contributed by atoms with E-state index in [2.05, 4.69) is 16.0 Å². The molecule has 1 aliphatic rings. The van der Waals surface area contributed by atoms with Crippen LogP contribution in [0.15, 0.2) is 72.8 Å². The fourth-order valence-corrected chi connectivity index (χ4v) is 5.83. The van der Waals surface area contributed by atoms with Crippen LogP contribution < -0.4 is 20.7 Å². The van der Waals surface area contributed by atoms with Gasteiger partial charge in [-0.2, -0.15) is 0 Å². The Kier molecular flexibility index (Phi) is 13.0. The van der Waals surface area contributed by atoms with Crippen LogP contribution in [-0.2, 0) is 16.1 Å². The molecule has 4 rings (SSSR count). The average Bonchev–Trinajstić information content (AvgIpc) is 3.19. The molecule has 258 valence electrons. The van der Waals surface area contributed by atoms with Crippen molar-refractivity contribution < 1.29 is 29.0 Å². The number of carboxylic acids is 1. The second-order valence-electron chi connectivity index (χ2n) is 12.8. The molecular weight excluding hydrogens is 634 g/mol. The van der Waals surface area contributed by atoms with E-state index < -0.39 is 35.7 Å². The molecule has 0 radical (unpaired) electrons. The number of nitrogens with one attached hydrogen (secondary N) is 3. The van der Waals surface area contributed by atoms with Gasteiger partial charge in [-0.1, -0.05) is 68.4 Å². The number of imide groups is 1. The molecule has 3 aromatic carbocycles. The maximum Gasteiger partial charge on any atom is 0.328 e. The quantitative estimate of drug-likeness (QED) is 0.137. The average molecular weight is 680 g/mol. The van der Waals surface area contributed by atoms with Gasteiger partial charge in [-0.3, -0.25) is 14.5 Å². The van der Waals surface area contributed by atoms with Crippen LogP contribution in [0.2, 0.25) is 0 Å². The molecular formula is C36H46ClN5O6. The lowest BCUT2D eigenvalue weighted by Crippen LogP contribution is -2.48. The van der Waals surface area contributed by atoms with Crippen LogP contribution >= 0.6 is 12.4 Å². The Morgan fingerprint density at radius 2 is 1.58 bits per heavy atom. The molecule has 1 saturated heterocycles. The Morgan fingerprint density at radius 3 is 2.21 bits per heavy atom. The number of hydrogen-bond donors (Lipinski definition) is 4. The minimum atomic E-state index is -1.14. The first-order valence-corrected chi connectivity index (χ1v) is 15.8. The highest BCUT2D eigenvalue weighted by atomic mass is 35.5. The topological polar surface area (TPSA) is 140 Å². The van der Waals surface area contributed by atoms with E-state index in [1.54, 1.807) is 36.9 Å². The number of amides is 5. The third kappa shape index (κ3) is 9.05. The van der Waals surface area contributed by atoms with E-state index in [0.717, 1.165) is 11.1 Å². The SMILES string of the molecule is COc1cc(CN2C(=O)N([C@H](CN[C@@H](CC(=O)O)c3ccccc3)CC(C)C)C(=O)C2(C)C)ccc1NC(=O)Nc1ccccc1C.Cl. The number of benzene rings is 3. The fourth-order valence-electron chi connectivity index (χ4n) is 5.83. The number of carbonyl (C=O) groups is 4. The molecule has 1 fully saturated rings. The predicted octanol–water partition coefficient (Wildman–Crippen LogP) is 6.83.